The summed E-state index contributed by atoms with van der Waals surface area (Å²) in [4.78, 5) is 25.0. The van der Waals surface area contributed by atoms with Gasteiger partial charge in [0.15, 0.2) is 0 Å². The minimum absolute atomic E-state index is 0.0152. The zero-order valence-corrected chi connectivity index (χ0v) is 13.9. The van der Waals surface area contributed by atoms with E-state index in [2.05, 4.69) is 20.8 Å². The first-order valence-corrected chi connectivity index (χ1v) is 7.66. The van der Waals surface area contributed by atoms with Gasteiger partial charge in [-0.25, -0.2) is 4.68 Å². The Morgan fingerprint density at radius 2 is 1.85 bits per heavy atom. The number of halogens is 3. The molecule has 0 unspecified atom stereocenters. The summed E-state index contributed by atoms with van der Waals surface area (Å²) in [5, 5.41) is 12.8. The molecule has 1 N–H and O–H groups in total. The summed E-state index contributed by atoms with van der Waals surface area (Å²) in [6.07, 6.45) is -4.84. The predicted molar refractivity (Wildman–Crippen MR) is 88.0 cm³/mol. The Kier molecular flexibility index (Phi) is 4.75. The van der Waals surface area contributed by atoms with Crippen LogP contribution in [0.25, 0.3) is 0 Å². The lowest BCUT2D eigenvalue weighted by molar-refractivity contribution is -0.139. The highest BCUT2D eigenvalue weighted by Gasteiger charge is 2.35. The predicted octanol–water partition coefficient (Wildman–Crippen LogP) is 1.69. The Morgan fingerprint density at radius 3 is 2.44 bits per heavy atom. The average Bonchev–Trinajstić information content (AvgIpc) is 3.01. The molecule has 2 heterocycles. The molecule has 3 aromatic rings. The van der Waals surface area contributed by atoms with Crippen LogP contribution < -0.4 is 10.9 Å². The summed E-state index contributed by atoms with van der Waals surface area (Å²) >= 11 is 0. The smallest absolute Gasteiger partial charge is 0.299 e. The molecule has 0 aliphatic rings. The number of carbonyl (C=O) groups is 1. The summed E-state index contributed by atoms with van der Waals surface area (Å²) in [5.74, 6) is -0.826. The summed E-state index contributed by atoms with van der Waals surface area (Å²) in [6, 6.07) is 9.91. The molecule has 0 saturated carbocycles. The number of amides is 1. The minimum Gasteiger partial charge on any atom is -0.299 e. The van der Waals surface area contributed by atoms with Crippen LogP contribution in [0.15, 0.2) is 47.3 Å². The normalized spacial score (nSPS) is 11.4. The van der Waals surface area contributed by atoms with Gasteiger partial charge in [0.25, 0.3) is 11.5 Å². The first-order valence-electron chi connectivity index (χ1n) is 7.66. The Labute approximate surface area is 150 Å². The monoisotopic (exact) mass is 378 g/mol. The number of carbonyl (C=O) groups excluding carboxylic acids is 1. The molecule has 1 amide bonds. The summed E-state index contributed by atoms with van der Waals surface area (Å²) < 4.78 is 41.3. The van der Waals surface area contributed by atoms with Gasteiger partial charge < -0.3 is 0 Å². The zero-order valence-electron chi connectivity index (χ0n) is 13.9. The van der Waals surface area contributed by atoms with Crippen LogP contribution in [-0.2, 0) is 19.8 Å². The Balaban J connectivity index is 2.07. The maximum Gasteiger partial charge on any atom is 0.421 e. The number of rotatable bonds is 4. The number of hydrogen-bond donors (Lipinski definition) is 1. The molecule has 0 aliphatic heterocycles. The highest BCUT2D eigenvalue weighted by atomic mass is 19.4. The number of hydrogen-bond acceptors (Lipinski definition) is 5. The van der Waals surface area contributed by atoms with Crippen molar-refractivity contribution in [3.05, 3.63) is 69.6 Å². The van der Waals surface area contributed by atoms with Gasteiger partial charge in [0.2, 0.25) is 5.95 Å². The lowest BCUT2D eigenvalue weighted by Crippen LogP contribution is -2.34. The summed E-state index contributed by atoms with van der Waals surface area (Å²) in [5.41, 5.74) is -2.35. The molecular weight excluding hydrogens is 365 g/mol. The van der Waals surface area contributed by atoms with Crippen molar-refractivity contribution in [2.45, 2.75) is 12.7 Å². The lowest BCUT2D eigenvalue weighted by atomic mass is 10.1. The summed E-state index contributed by atoms with van der Waals surface area (Å²) in [7, 11) is 1.47. The number of anilines is 1. The molecular formula is C16H13F3N6O2. The van der Waals surface area contributed by atoms with Gasteiger partial charge in [-0.05, 0) is 28.1 Å². The second-order valence-corrected chi connectivity index (χ2v) is 5.59. The van der Waals surface area contributed by atoms with Crippen molar-refractivity contribution in [2.24, 2.45) is 7.05 Å². The molecule has 0 fully saturated rings. The molecule has 140 valence electrons. The van der Waals surface area contributed by atoms with Crippen LogP contribution in [0.4, 0.5) is 19.1 Å². The van der Waals surface area contributed by atoms with Gasteiger partial charge in [-0.1, -0.05) is 35.4 Å². The fourth-order valence-electron chi connectivity index (χ4n) is 2.42. The average molecular weight is 378 g/mol. The van der Waals surface area contributed by atoms with Crippen LogP contribution in [0.3, 0.4) is 0 Å². The van der Waals surface area contributed by atoms with Crippen molar-refractivity contribution in [1.29, 1.82) is 0 Å². The maximum atomic E-state index is 13.1. The second kappa shape index (κ2) is 7.02. The van der Waals surface area contributed by atoms with Gasteiger partial charge >= 0.3 is 6.18 Å². The van der Waals surface area contributed by atoms with E-state index in [1.807, 2.05) is 0 Å². The SMILES string of the molecule is Cn1nnnc1NC(=O)c1ccc(C(F)(F)F)c(=O)n1Cc1ccccc1. The van der Waals surface area contributed by atoms with E-state index in [1.165, 1.54) is 11.7 Å². The van der Waals surface area contributed by atoms with Gasteiger partial charge in [0, 0.05) is 7.05 Å². The quantitative estimate of drug-likeness (QED) is 0.746. The van der Waals surface area contributed by atoms with Gasteiger partial charge in [-0.15, -0.1) is 0 Å². The second-order valence-electron chi connectivity index (χ2n) is 5.59. The van der Waals surface area contributed by atoms with E-state index in [-0.39, 0.29) is 18.2 Å². The molecule has 11 heteroatoms. The highest BCUT2D eigenvalue weighted by Crippen LogP contribution is 2.26. The number of benzene rings is 1. The van der Waals surface area contributed by atoms with Gasteiger partial charge in [0.05, 0.1) is 6.54 Å². The Hall–Kier alpha value is -3.50. The number of nitrogens with one attached hydrogen (secondary N) is 1. The van der Waals surface area contributed by atoms with Crippen LogP contribution in [0.1, 0.15) is 21.6 Å². The number of pyridine rings is 1. The van der Waals surface area contributed by atoms with Crippen LogP contribution in [0.5, 0.6) is 0 Å². The maximum absolute atomic E-state index is 13.1. The number of nitrogens with zero attached hydrogens (tertiary/aromatic N) is 5. The van der Waals surface area contributed by atoms with Crippen molar-refractivity contribution in [1.82, 2.24) is 24.8 Å². The molecule has 1 aromatic carbocycles. The molecule has 8 nitrogen and oxygen atoms in total. The van der Waals surface area contributed by atoms with Crippen LogP contribution in [0.2, 0.25) is 0 Å². The molecule has 0 spiro atoms. The lowest BCUT2D eigenvalue weighted by Gasteiger charge is -2.15. The van der Waals surface area contributed by atoms with Crippen molar-refractivity contribution < 1.29 is 18.0 Å². The number of alkyl halides is 3. The largest absolute Gasteiger partial charge is 0.421 e. The van der Waals surface area contributed by atoms with E-state index in [9.17, 15) is 22.8 Å². The fraction of sp³-hybridized carbons (Fsp3) is 0.188. The van der Waals surface area contributed by atoms with Crippen molar-refractivity contribution in [3.63, 3.8) is 0 Å². The first-order chi connectivity index (χ1) is 12.8. The van der Waals surface area contributed by atoms with Gasteiger partial charge in [0.1, 0.15) is 11.3 Å². The molecule has 0 saturated heterocycles. The fourth-order valence-corrected chi connectivity index (χ4v) is 2.42. The molecule has 27 heavy (non-hydrogen) atoms. The topological polar surface area (TPSA) is 94.7 Å². The van der Waals surface area contributed by atoms with Crippen LogP contribution >= 0.6 is 0 Å². The standard InChI is InChI=1S/C16H13F3N6O2/c1-24-15(21-22-23-24)20-13(26)12-8-7-11(16(17,18)19)14(27)25(12)9-10-5-3-2-4-6-10/h2-8H,9H2,1H3,(H,20,21,23,26). The first kappa shape index (κ1) is 18.3. The molecule has 0 atom stereocenters. The van der Waals surface area contributed by atoms with E-state index in [4.69, 9.17) is 0 Å². The van der Waals surface area contributed by atoms with Crippen molar-refractivity contribution in [2.75, 3.05) is 5.32 Å². The van der Waals surface area contributed by atoms with E-state index in [0.29, 0.717) is 11.6 Å². The zero-order chi connectivity index (χ0) is 19.6. The Morgan fingerprint density at radius 1 is 1.15 bits per heavy atom. The van der Waals surface area contributed by atoms with E-state index in [1.54, 1.807) is 30.3 Å². The van der Waals surface area contributed by atoms with E-state index in [0.717, 1.165) is 10.6 Å². The van der Waals surface area contributed by atoms with Crippen LogP contribution in [0, 0.1) is 0 Å². The highest BCUT2D eigenvalue weighted by molar-refractivity contribution is 6.02. The molecule has 2 aromatic heterocycles. The molecule has 0 bridgehead atoms. The molecule has 0 radical (unpaired) electrons. The van der Waals surface area contributed by atoms with E-state index >= 15 is 0 Å². The van der Waals surface area contributed by atoms with Gasteiger partial charge in [-0.3, -0.25) is 19.5 Å². The molecule has 3 rings (SSSR count). The third kappa shape index (κ3) is 3.86. The minimum atomic E-state index is -4.84. The van der Waals surface area contributed by atoms with Crippen LogP contribution in [-0.4, -0.2) is 30.7 Å². The Bertz CT molecular complexity index is 1030. The van der Waals surface area contributed by atoms with Crippen molar-refractivity contribution in [3.8, 4) is 0 Å². The van der Waals surface area contributed by atoms with Gasteiger partial charge in [-0.2, -0.15) is 13.2 Å². The van der Waals surface area contributed by atoms with Crippen molar-refractivity contribution >= 4 is 11.9 Å². The third-order valence-corrected chi connectivity index (χ3v) is 3.74. The summed E-state index contributed by atoms with van der Waals surface area (Å²) in [6.45, 7) is -0.205. The number of tetrazole rings is 1. The third-order valence-electron chi connectivity index (χ3n) is 3.74. The molecule has 0 aliphatic carbocycles. The number of aryl methyl sites for hydroxylation is 1. The number of aromatic nitrogens is 5. The van der Waals surface area contributed by atoms with E-state index < -0.39 is 23.2 Å².